The van der Waals surface area contributed by atoms with Gasteiger partial charge in [-0.25, -0.2) is 0 Å². The number of nitrogens with zero attached hydrogens (tertiary/aromatic N) is 1. The molecule has 0 radical (unpaired) electrons. The van der Waals surface area contributed by atoms with Crippen LogP contribution >= 0.6 is 0 Å². The quantitative estimate of drug-likeness (QED) is 0.727. The Bertz CT molecular complexity index is 378. The van der Waals surface area contributed by atoms with Gasteiger partial charge < -0.3 is 19.9 Å². The number of carbonyl (C=O) groups excluding carboxylic acids is 1. The number of aliphatic hydroxyl groups excluding tert-OH is 1. The van der Waals surface area contributed by atoms with E-state index in [0.29, 0.717) is 24.3 Å². The van der Waals surface area contributed by atoms with Gasteiger partial charge in [-0.15, -0.1) is 0 Å². The lowest BCUT2D eigenvalue weighted by Crippen LogP contribution is -2.38. The molecule has 1 aromatic rings. The van der Waals surface area contributed by atoms with Crippen molar-refractivity contribution in [2.45, 2.75) is 12.5 Å². The molecule has 0 fully saturated rings. The fourth-order valence-corrected chi connectivity index (χ4v) is 1.55. The maximum absolute atomic E-state index is 12.0. The predicted octanol–water partition coefficient (Wildman–Crippen LogP) is 0.217. The van der Waals surface area contributed by atoms with Crippen LogP contribution in [0.15, 0.2) is 18.5 Å². The Hall–Kier alpha value is -1.66. The average molecular weight is 254 g/mol. The zero-order chi connectivity index (χ0) is 13.4. The summed E-state index contributed by atoms with van der Waals surface area (Å²) in [7, 11) is 3.03. The third-order valence-corrected chi connectivity index (χ3v) is 2.43. The van der Waals surface area contributed by atoms with Crippen LogP contribution in [-0.2, 0) is 4.74 Å². The van der Waals surface area contributed by atoms with Crippen molar-refractivity contribution in [2.75, 3.05) is 27.4 Å². The molecule has 0 bridgehead atoms. The van der Waals surface area contributed by atoms with Crippen molar-refractivity contribution in [1.82, 2.24) is 10.3 Å². The average Bonchev–Trinajstić information content (AvgIpc) is 2.39. The molecule has 1 amide bonds. The first kappa shape index (κ1) is 14.4. The van der Waals surface area contributed by atoms with Crippen LogP contribution in [0.1, 0.15) is 16.8 Å². The first-order chi connectivity index (χ1) is 8.72. The van der Waals surface area contributed by atoms with Crippen LogP contribution < -0.4 is 10.1 Å². The Labute approximate surface area is 106 Å². The van der Waals surface area contributed by atoms with Gasteiger partial charge in [0.2, 0.25) is 0 Å². The molecule has 0 aromatic carbocycles. The molecule has 1 atom stereocenters. The van der Waals surface area contributed by atoms with E-state index < -0.39 is 0 Å². The van der Waals surface area contributed by atoms with Crippen molar-refractivity contribution < 1.29 is 19.4 Å². The Morgan fingerprint density at radius 3 is 2.94 bits per heavy atom. The van der Waals surface area contributed by atoms with E-state index in [4.69, 9.17) is 14.6 Å². The van der Waals surface area contributed by atoms with Gasteiger partial charge in [0, 0.05) is 19.9 Å². The summed E-state index contributed by atoms with van der Waals surface area (Å²) in [5.41, 5.74) is 0.409. The van der Waals surface area contributed by atoms with Crippen LogP contribution in [-0.4, -0.2) is 49.5 Å². The molecule has 2 N–H and O–H groups in total. The smallest absolute Gasteiger partial charge is 0.255 e. The maximum Gasteiger partial charge on any atom is 0.255 e. The molecule has 18 heavy (non-hydrogen) atoms. The van der Waals surface area contributed by atoms with Crippen molar-refractivity contribution in [3.63, 3.8) is 0 Å². The van der Waals surface area contributed by atoms with Gasteiger partial charge in [-0.1, -0.05) is 0 Å². The Morgan fingerprint density at radius 2 is 2.33 bits per heavy atom. The van der Waals surface area contributed by atoms with Gasteiger partial charge in [-0.2, -0.15) is 0 Å². The molecule has 1 heterocycles. The SMILES string of the molecule is COCC(CCO)NC(=O)c1ccncc1OC. The first-order valence-electron chi connectivity index (χ1n) is 5.61. The van der Waals surface area contributed by atoms with Gasteiger partial charge in [-0.3, -0.25) is 9.78 Å². The molecule has 1 aromatic heterocycles. The lowest BCUT2D eigenvalue weighted by Gasteiger charge is -2.17. The van der Waals surface area contributed by atoms with Crippen LogP contribution in [0.4, 0.5) is 0 Å². The number of pyridine rings is 1. The number of hydrogen-bond donors (Lipinski definition) is 2. The highest BCUT2D eigenvalue weighted by Gasteiger charge is 2.16. The lowest BCUT2D eigenvalue weighted by atomic mass is 10.2. The van der Waals surface area contributed by atoms with E-state index in [9.17, 15) is 4.79 Å². The summed E-state index contributed by atoms with van der Waals surface area (Å²) >= 11 is 0. The molecule has 0 aliphatic carbocycles. The summed E-state index contributed by atoms with van der Waals surface area (Å²) in [5, 5.41) is 11.7. The minimum absolute atomic E-state index is 0.0121. The van der Waals surface area contributed by atoms with E-state index in [1.54, 1.807) is 13.2 Å². The van der Waals surface area contributed by atoms with E-state index in [2.05, 4.69) is 10.3 Å². The van der Waals surface area contributed by atoms with Gasteiger partial charge >= 0.3 is 0 Å². The molecule has 0 spiro atoms. The number of ether oxygens (including phenoxy) is 2. The monoisotopic (exact) mass is 254 g/mol. The summed E-state index contributed by atoms with van der Waals surface area (Å²) < 4.78 is 10.0. The van der Waals surface area contributed by atoms with Gasteiger partial charge in [0.1, 0.15) is 5.75 Å². The van der Waals surface area contributed by atoms with Crippen molar-refractivity contribution in [2.24, 2.45) is 0 Å². The first-order valence-corrected chi connectivity index (χ1v) is 5.61. The fourth-order valence-electron chi connectivity index (χ4n) is 1.55. The highest BCUT2D eigenvalue weighted by Crippen LogP contribution is 2.15. The summed E-state index contributed by atoms with van der Waals surface area (Å²) in [6, 6.07) is 1.35. The van der Waals surface area contributed by atoms with Crippen molar-refractivity contribution in [3.05, 3.63) is 24.0 Å². The Balaban J connectivity index is 2.73. The van der Waals surface area contributed by atoms with Crippen LogP contribution in [0.25, 0.3) is 0 Å². The highest BCUT2D eigenvalue weighted by molar-refractivity contribution is 5.96. The highest BCUT2D eigenvalue weighted by atomic mass is 16.5. The van der Waals surface area contributed by atoms with Crippen LogP contribution in [0.5, 0.6) is 5.75 Å². The lowest BCUT2D eigenvalue weighted by molar-refractivity contribution is 0.0875. The molecule has 100 valence electrons. The van der Waals surface area contributed by atoms with Gasteiger partial charge in [0.05, 0.1) is 31.5 Å². The number of aliphatic hydroxyl groups is 1. The largest absolute Gasteiger partial charge is 0.494 e. The van der Waals surface area contributed by atoms with Crippen molar-refractivity contribution >= 4 is 5.91 Å². The molecule has 6 heteroatoms. The van der Waals surface area contributed by atoms with Crippen LogP contribution in [0.2, 0.25) is 0 Å². The number of aromatic nitrogens is 1. The van der Waals surface area contributed by atoms with Gasteiger partial charge in [0.25, 0.3) is 5.91 Å². The zero-order valence-electron chi connectivity index (χ0n) is 10.5. The number of carbonyl (C=O) groups is 1. The molecule has 0 saturated heterocycles. The van der Waals surface area contributed by atoms with Crippen LogP contribution in [0.3, 0.4) is 0 Å². The van der Waals surface area contributed by atoms with Crippen molar-refractivity contribution in [1.29, 1.82) is 0 Å². The molecular weight excluding hydrogens is 236 g/mol. The molecule has 0 aliphatic heterocycles. The fraction of sp³-hybridized carbons (Fsp3) is 0.500. The van der Waals surface area contributed by atoms with E-state index in [1.807, 2.05) is 0 Å². The van der Waals surface area contributed by atoms with E-state index in [-0.39, 0.29) is 18.6 Å². The van der Waals surface area contributed by atoms with Crippen molar-refractivity contribution in [3.8, 4) is 5.75 Å². The maximum atomic E-state index is 12.0. The second kappa shape index (κ2) is 7.62. The summed E-state index contributed by atoms with van der Waals surface area (Å²) in [6.45, 7) is 0.335. The molecule has 1 unspecified atom stereocenters. The number of nitrogens with one attached hydrogen (secondary N) is 1. The molecule has 6 nitrogen and oxygen atoms in total. The summed E-state index contributed by atoms with van der Waals surface area (Å²) in [5.74, 6) is 0.139. The molecule has 0 saturated carbocycles. The van der Waals surface area contributed by atoms with Gasteiger partial charge in [0.15, 0.2) is 0 Å². The Morgan fingerprint density at radius 1 is 1.56 bits per heavy atom. The molecular formula is C12H18N2O4. The minimum Gasteiger partial charge on any atom is -0.494 e. The summed E-state index contributed by atoms with van der Waals surface area (Å²) in [4.78, 5) is 15.9. The second-order valence-corrected chi connectivity index (χ2v) is 3.71. The standard InChI is InChI=1S/C12H18N2O4/c1-17-8-9(4-6-15)14-12(16)10-3-5-13-7-11(10)18-2/h3,5,7,9,15H,4,6,8H2,1-2H3,(H,14,16). The Kier molecular flexibility index (Phi) is 6.10. The third-order valence-electron chi connectivity index (χ3n) is 2.43. The predicted molar refractivity (Wildman–Crippen MR) is 65.6 cm³/mol. The van der Waals surface area contributed by atoms with E-state index in [1.165, 1.54) is 19.5 Å². The second-order valence-electron chi connectivity index (χ2n) is 3.71. The van der Waals surface area contributed by atoms with Gasteiger partial charge in [-0.05, 0) is 12.5 Å². The van der Waals surface area contributed by atoms with E-state index >= 15 is 0 Å². The molecule has 0 aliphatic rings. The number of hydrogen-bond acceptors (Lipinski definition) is 5. The topological polar surface area (TPSA) is 80.7 Å². The minimum atomic E-state index is -0.273. The van der Waals surface area contributed by atoms with Crippen LogP contribution in [0, 0.1) is 0 Å². The number of methoxy groups -OCH3 is 2. The number of rotatable bonds is 7. The summed E-state index contributed by atoms with van der Waals surface area (Å²) in [6.07, 6.45) is 3.44. The number of amides is 1. The normalized spacial score (nSPS) is 11.9. The zero-order valence-corrected chi connectivity index (χ0v) is 10.5. The molecule has 1 rings (SSSR count). The van der Waals surface area contributed by atoms with E-state index in [0.717, 1.165) is 0 Å². The third kappa shape index (κ3) is 3.97.